The molecule has 4 heterocycles. The maximum atomic E-state index is 12.3. The predicted molar refractivity (Wildman–Crippen MR) is 123 cm³/mol. The molecule has 0 unspecified atom stereocenters. The van der Waals surface area contributed by atoms with Crippen LogP contribution in [0, 0.1) is 0 Å². The highest BCUT2D eigenvalue weighted by atomic mass is 16.6. The Hall–Kier alpha value is -3.19. The van der Waals surface area contributed by atoms with Crippen molar-refractivity contribution in [1.29, 1.82) is 0 Å². The summed E-state index contributed by atoms with van der Waals surface area (Å²) in [7, 11) is 0. The van der Waals surface area contributed by atoms with Crippen molar-refractivity contribution in [3.05, 3.63) is 54.5 Å². The standard InChI is InChI=1S/C25H28N4O3/c1-25(2,3)32-24(30)28-10-8-17(9-11-28)22-7-6-19(13-26-22)18-4-5-20-14-27-29(23(20)12-18)21-15-31-16-21/h4-8,12-14,21H,9-11,15-16H2,1-3H3. The normalized spacial score (nSPS) is 17.2. The van der Waals surface area contributed by atoms with Crippen molar-refractivity contribution >= 4 is 22.6 Å². The first-order chi connectivity index (χ1) is 15.4. The molecule has 7 nitrogen and oxygen atoms in total. The van der Waals surface area contributed by atoms with Gasteiger partial charge in [0, 0.05) is 30.2 Å². The van der Waals surface area contributed by atoms with Crippen molar-refractivity contribution in [3.8, 4) is 11.1 Å². The second kappa shape index (κ2) is 8.06. The zero-order valence-corrected chi connectivity index (χ0v) is 18.7. The number of rotatable bonds is 3. The topological polar surface area (TPSA) is 69.5 Å². The van der Waals surface area contributed by atoms with Gasteiger partial charge in [-0.15, -0.1) is 0 Å². The monoisotopic (exact) mass is 432 g/mol. The van der Waals surface area contributed by atoms with Crippen LogP contribution in [0.25, 0.3) is 27.6 Å². The highest BCUT2D eigenvalue weighted by molar-refractivity contribution is 5.84. The summed E-state index contributed by atoms with van der Waals surface area (Å²) in [5.74, 6) is 0. The van der Waals surface area contributed by atoms with Gasteiger partial charge >= 0.3 is 6.09 Å². The van der Waals surface area contributed by atoms with Crippen LogP contribution in [0.5, 0.6) is 0 Å². The van der Waals surface area contributed by atoms with E-state index in [4.69, 9.17) is 14.5 Å². The van der Waals surface area contributed by atoms with Gasteiger partial charge in [0.2, 0.25) is 0 Å². The van der Waals surface area contributed by atoms with Gasteiger partial charge in [-0.1, -0.05) is 24.3 Å². The van der Waals surface area contributed by atoms with Gasteiger partial charge < -0.3 is 14.4 Å². The van der Waals surface area contributed by atoms with Crippen molar-refractivity contribution in [2.45, 2.75) is 38.8 Å². The fourth-order valence-electron chi connectivity index (χ4n) is 4.02. The van der Waals surface area contributed by atoms with Crippen LogP contribution in [0.1, 0.15) is 38.9 Å². The van der Waals surface area contributed by atoms with E-state index >= 15 is 0 Å². The Balaban J connectivity index is 1.31. The molecule has 2 aliphatic heterocycles. The maximum Gasteiger partial charge on any atom is 0.410 e. The number of nitrogens with zero attached hydrogens (tertiary/aromatic N) is 4. The van der Waals surface area contributed by atoms with E-state index in [9.17, 15) is 4.79 Å². The molecular formula is C25H28N4O3. The molecule has 7 heteroatoms. The van der Waals surface area contributed by atoms with Crippen LogP contribution < -0.4 is 0 Å². The van der Waals surface area contributed by atoms with Crippen LogP contribution in [0.15, 0.2) is 48.8 Å². The van der Waals surface area contributed by atoms with Crippen LogP contribution in [0.3, 0.4) is 0 Å². The third-order valence-corrected chi connectivity index (χ3v) is 5.85. The summed E-state index contributed by atoms with van der Waals surface area (Å²) < 4.78 is 12.9. The highest BCUT2D eigenvalue weighted by Gasteiger charge is 2.25. The van der Waals surface area contributed by atoms with Crippen LogP contribution in [0.4, 0.5) is 4.79 Å². The number of pyridine rings is 1. The van der Waals surface area contributed by atoms with E-state index in [1.54, 1.807) is 4.90 Å². The number of hydrogen-bond acceptors (Lipinski definition) is 5. The molecule has 0 N–H and O–H groups in total. The quantitative estimate of drug-likeness (QED) is 0.600. The SMILES string of the molecule is CC(C)(C)OC(=O)N1CC=C(c2ccc(-c3ccc4cnn(C5COC5)c4c3)cn2)CC1. The molecule has 2 aromatic heterocycles. The number of carbonyl (C=O) groups excluding carboxylic acids is 1. The third kappa shape index (κ3) is 4.12. The van der Waals surface area contributed by atoms with Crippen molar-refractivity contribution < 1.29 is 14.3 Å². The zero-order chi connectivity index (χ0) is 22.3. The summed E-state index contributed by atoms with van der Waals surface area (Å²) in [6, 6.07) is 10.9. The van der Waals surface area contributed by atoms with Crippen molar-refractivity contribution in [3.63, 3.8) is 0 Å². The van der Waals surface area contributed by atoms with E-state index in [2.05, 4.69) is 46.2 Å². The summed E-state index contributed by atoms with van der Waals surface area (Å²) in [6.07, 6.45) is 6.40. The van der Waals surface area contributed by atoms with Gasteiger partial charge in [-0.05, 0) is 50.5 Å². The fraction of sp³-hybridized carbons (Fsp3) is 0.400. The summed E-state index contributed by atoms with van der Waals surface area (Å²) in [4.78, 5) is 18.7. The van der Waals surface area contributed by atoms with Crippen LogP contribution in [0.2, 0.25) is 0 Å². The Morgan fingerprint density at radius 3 is 2.56 bits per heavy atom. The predicted octanol–water partition coefficient (Wildman–Crippen LogP) is 4.69. The first-order valence-corrected chi connectivity index (χ1v) is 11.1. The number of hydrogen-bond donors (Lipinski definition) is 0. The minimum Gasteiger partial charge on any atom is -0.444 e. The molecule has 1 amide bonds. The van der Waals surface area contributed by atoms with E-state index in [-0.39, 0.29) is 6.09 Å². The Bertz CT molecular complexity index is 1170. The van der Waals surface area contributed by atoms with E-state index in [0.717, 1.165) is 52.9 Å². The Kier molecular flexibility index (Phi) is 5.21. The number of aromatic nitrogens is 3. The zero-order valence-electron chi connectivity index (χ0n) is 18.7. The van der Waals surface area contributed by atoms with Crippen molar-refractivity contribution in [1.82, 2.24) is 19.7 Å². The van der Waals surface area contributed by atoms with Gasteiger partial charge in [0.25, 0.3) is 0 Å². The number of fused-ring (bicyclic) bond motifs is 1. The molecule has 5 rings (SSSR count). The smallest absolute Gasteiger partial charge is 0.410 e. The summed E-state index contributed by atoms with van der Waals surface area (Å²) in [5, 5.41) is 5.67. The largest absolute Gasteiger partial charge is 0.444 e. The van der Waals surface area contributed by atoms with Crippen LogP contribution in [-0.2, 0) is 9.47 Å². The van der Waals surface area contributed by atoms with E-state index in [1.165, 1.54) is 0 Å². The minimum absolute atomic E-state index is 0.265. The lowest BCUT2D eigenvalue weighted by atomic mass is 10.0. The third-order valence-electron chi connectivity index (χ3n) is 5.85. The fourth-order valence-corrected chi connectivity index (χ4v) is 4.02. The van der Waals surface area contributed by atoms with Crippen molar-refractivity contribution in [2.75, 3.05) is 26.3 Å². The van der Waals surface area contributed by atoms with Crippen LogP contribution >= 0.6 is 0 Å². The highest BCUT2D eigenvalue weighted by Crippen LogP contribution is 2.29. The number of carbonyl (C=O) groups is 1. The van der Waals surface area contributed by atoms with Crippen molar-refractivity contribution in [2.24, 2.45) is 0 Å². The molecule has 0 bridgehead atoms. The lowest BCUT2D eigenvalue weighted by molar-refractivity contribution is -0.0266. The van der Waals surface area contributed by atoms with Gasteiger partial charge in [0.15, 0.2) is 0 Å². The summed E-state index contributed by atoms with van der Waals surface area (Å²) in [6.45, 7) is 8.27. The Morgan fingerprint density at radius 1 is 1.12 bits per heavy atom. The summed E-state index contributed by atoms with van der Waals surface area (Å²) >= 11 is 0. The average Bonchev–Trinajstić information content (AvgIpc) is 3.14. The molecule has 1 aromatic carbocycles. The molecule has 0 aliphatic carbocycles. The molecule has 2 aliphatic rings. The number of amides is 1. The van der Waals surface area contributed by atoms with Crippen LogP contribution in [-0.4, -0.2) is 57.7 Å². The van der Waals surface area contributed by atoms with Gasteiger partial charge in [-0.2, -0.15) is 5.10 Å². The van der Waals surface area contributed by atoms with E-state index in [1.807, 2.05) is 33.2 Å². The van der Waals surface area contributed by atoms with Gasteiger partial charge in [0.05, 0.1) is 36.7 Å². The molecule has 32 heavy (non-hydrogen) atoms. The van der Waals surface area contributed by atoms with E-state index in [0.29, 0.717) is 19.1 Å². The molecule has 1 fully saturated rings. The first-order valence-electron chi connectivity index (χ1n) is 11.1. The average molecular weight is 433 g/mol. The lowest BCUT2D eigenvalue weighted by Crippen LogP contribution is -2.39. The molecule has 0 atom stereocenters. The van der Waals surface area contributed by atoms with Gasteiger partial charge in [0.1, 0.15) is 5.60 Å². The molecular weight excluding hydrogens is 404 g/mol. The van der Waals surface area contributed by atoms with Gasteiger partial charge in [-0.3, -0.25) is 9.67 Å². The molecule has 0 spiro atoms. The Labute approximate surface area is 187 Å². The maximum absolute atomic E-state index is 12.3. The molecule has 0 radical (unpaired) electrons. The molecule has 1 saturated heterocycles. The first kappa shape index (κ1) is 20.7. The summed E-state index contributed by atoms with van der Waals surface area (Å²) in [5.41, 5.74) is 4.94. The van der Waals surface area contributed by atoms with Gasteiger partial charge in [-0.25, -0.2) is 4.79 Å². The van der Waals surface area contributed by atoms with E-state index < -0.39 is 5.60 Å². The number of benzene rings is 1. The lowest BCUT2D eigenvalue weighted by Gasteiger charge is -2.29. The Morgan fingerprint density at radius 2 is 1.94 bits per heavy atom. The molecule has 0 saturated carbocycles. The second-order valence-electron chi connectivity index (χ2n) is 9.39. The molecule has 166 valence electrons. The molecule has 3 aromatic rings. The minimum atomic E-state index is -0.481. The second-order valence-corrected chi connectivity index (χ2v) is 9.39. The number of ether oxygens (including phenoxy) is 2.